The van der Waals surface area contributed by atoms with Crippen LogP contribution in [-0.4, -0.2) is 25.2 Å². The Morgan fingerprint density at radius 1 is 0.390 bits per heavy atom. The summed E-state index contributed by atoms with van der Waals surface area (Å²) in [6.07, 6.45) is 35.7. The highest BCUT2D eigenvalue weighted by molar-refractivity contribution is 5.69. The van der Waals surface area contributed by atoms with Gasteiger partial charge in [-0.15, -0.1) is 0 Å². The summed E-state index contributed by atoms with van der Waals surface area (Å²) < 4.78 is 11.0. The highest BCUT2D eigenvalue weighted by atomic mass is 16.5. The molecule has 0 saturated heterocycles. The molecule has 0 aliphatic rings. The van der Waals surface area contributed by atoms with E-state index in [2.05, 4.69) is 20.8 Å². The van der Waals surface area contributed by atoms with Crippen LogP contribution < -0.4 is 0 Å². The first kappa shape index (κ1) is 39.9. The van der Waals surface area contributed by atoms with Crippen LogP contribution in [0.3, 0.4) is 0 Å². The van der Waals surface area contributed by atoms with Crippen molar-refractivity contribution in [2.75, 3.05) is 13.2 Å². The molecule has 244 valence electrons. The van der Waals surface area contributed by atoms with Crippen LogP contribution >= 0.6 is 0 Å². The van der Waals surface area contributed by atoms with E-state index in [1.54, 1.807) is 0 Å². The van der Waals surface area contributed by atoms with Gasteiger partial charge in [-0.3, -0.25) is 9.59 Å². The predicted octanol–water partition coefficient (Wildman–Crippen LogP) is 12.1. The molecule has 0 rings (SSSR count). The number of esters is 2. The van der Waals surface area contributed by atoms with Crippen LogP contribution in [0.2, 0.25) is 0 Å². The van der Waals surface area contributed by atoms with Crippen molar-refractivity contribution in [1.29, 1.82) is 0 Å². The van der Waals surface area contributed by atoms with Gasteiger partial charge < -0.3 is 9.47 Å². The van der Waals surface area contributed by atoms with Gasteiger partial charge in [-0.2, -0.15) is 0 Å². The highest BCUT2D eigenvalue weighted by Crippen LogP contribution is 2.15. The highest BCUT2D eigenvalue weighted by Gasteiger charge is 2.13. The molecule has 0 aromatic rings. The summed E-state index contributed by atoms with van der Waals surface area (Å²) in [6.45, 7) is 7.33. The van der Waals surface area contributed by atoms with Crippen molar-refractivity contribution < 1.29 is 19.1 Å². The van der Waals surface area contributed by atoms with Crippen LogP contribution in [0.5, 0.6) is 0 Å². The molecule has 0 N–H and O–H groups in total. The summed E-state index contributed by atoms with van der Waals surface area (Å²) in [4.78, 5) is 24.2. The van der Waals surface area contributed by atoms with E-state index in [0.29, 0.717) is 26.1 Å². The van der Waals surface area contributed by atoms with Crippen molar-refractivity contribution in [2.45, 2.75) is 207 Å². The number of unbranched alkanes of at least 4 members (excludes halogenated alkanes) is 24. The molecule has 0 unspecified atom stereocenters. The van der Waals surface area contributed by atoms with E-state index in [0.717, 1.165) is 32.1 Å². The molecule has 0 aliphatic heterocycles. The van der Waals surface area contributed by atoms with Gasteiger partial charge in [0.2, 0.25) is 0 Å². The van der Waals surface area contributed by atoms with E-state index in [1.165, 1.54) is 141 Å². The fourth-order valence-electron chi connectivity index (χ4n) is 5.42. The van der Waals surface area contributed by atoms with Gasteiger partial charge in [-0.25, -0.2) is 0 Å². The van der Waals surface area contributed by atoms with Crippen LogP contribution in [0, 0.1) is 5.92 Å². The predicted molar refractivity (Wildman–Crippen MR) is 176 cm³/mol. The number of ether oxygens (including phenoxy) is 2. The molecule has 0 spiro atoms. The van der Waals surface area contributed by atoms with E-state index in [9.17, 15) is 9.59 Å². The van der Waals surface area contributed by atoms with Crippen molar-refractivity contribution in [1.82, 2.24) is 0 Å². The van der Waals surface area contributed by atoms with Crippen LogP contribution in [0.15, 0.2) is 0 Å². The molecule has 4 heteroatoms. The molecule has 0 aromatic heterocycles. The maximum Gasteiger partial charge on any atom is 0.305 e. The molecule has 0 amide bonds. The number of carbonyl (C=O) groups excluding carboxylic acids is 2. The zero-order valence-corrected chi connectivity index (χ0v) is 28.1. The Morgan fingerprint density at radius 2 is 0.634 bits per heavy atom. The number of hydrogen-bond acceptors (Lipinski definition) is 4. The number of carbonyl (C=O) groups is 2. The fraction of sp³-hybridized carbons (Fsp3) is 0.946. The van der Waals surface area contributed by atoms with E-state index in [-0.39, 0.29) is 17.9 Å². The Balaban J connectivity index is 3.51. The second-order valence-corrected chi connectivity index (χ2v) is 12.6. The second kappa shape index (κ2) is 33.4. The summed E-state index contributed by atoms with van der Waals surface area (Å²) in [5.74, 6) is -0.115. The van der Waals surface area contributed by atoms with Crippen molar-refractivity contribution in [2.24, 2.45) is 5.92 Å². The normalized spacial score (nSPS) is 11.3. The molecule has 0 saturated carbocycles. The molecule has 0 aliphatic carbocycles. The first-order valence-electron chi connectivity index (χ1n) is 18.4. The minimum absolute atomic E-state index is 0.0983. The van der Waals surface area contributed by atoms with Crippen molar-refractivity contribution in [3.05, 3.63) is 0 Å². The summed E-state index contributed by atoms with van der Waals surface area (Å²) in [5, 5.41) is 0. The van der Waals surface area contributed by atoms with Crippen molar-refractivity contribution >= 4 is 11.9 Å². The molecular formula is C37H72O4. The quantitative estimate of drug-likeness (QED) is 0.0572. The zero-order valence-electron chi connectivity index (χ0n) is 28.1. The number of hydrogen-bond donors (Lipinski definition) is 0. The molecule has 0 bridgehead atoms. The third-order valence-corrected chi connectivity index (χ3v) is 8.51. The molecule has 0 radical (unpaired) electrons. The van der Waals surface area contributed by atoms with Gasteiger partial charge in [0.15, 0.2) is 0 Å². The average Bonchev–Trinajstić information content (AvgIpc) is 2.98. The first-order valence-corrected chi connectivity index (χ1v) is 18.4. The Kier molecular flexibility index (Phi) is 32.6. The van der Waals surface area contributed by atoms with Gasteiger partial charge in [-0.05, 0) is 19.3 Å². The standard InChI is InChI=1S/C37H72O4/c1-4-7-9-11-13-15-17-19-21-23-25-27-29-31-36(38)40-33-35(6-3)34-41-37(39)32-30-28-26-24-22-20-18-16-14-12-10-8-5-2/h35H,4-34H2,1-3H3. The van der Waals surface area contributed by atoms with Crippen molar-refractivity contribution in [3.8, 4) is 0 Å². The van der Waals surface area contributed by atoms with E-state index < -0.39 is 0 Å². The van der Waals surface area contributed by atoms with E-state index in [1.807, 2.05) is 0 Å². The van der Waals surface area contributed by atoms with Gasteiger partial charge in [0.05, 0.1) is 13.2 Å². The van der Waals surface area contributed by atoms with Crippen LogP contribution in [0.25, 0.3) is 0 Å². The lowest BCUT2D eigenvalue weighted by Crippen LogP contribution is -2.20. The van der Waals surface area contributed by atoms with Crippen molar-refractivity contribution in [3.63, 3.8) is 0 Å². The summed E-state index contributed by atoms with van der Waals surface area (Å²) in [5.41, 5.74) is 0. The lowest BCUT2D eigenvalue weighted by atomic mass is 10.0. The van der Waals surface area contributed by atoms with E-state index >= 15 is 0 Å². The van der Waals surface area contributed by atoms with Gasteiger partial charge in [0, 0.05) is 18.8 Å². The lowest BCUT2D eigenvalue weighted by molar-refractivity contribution is -0.149. The molecule has 0 atom stereocenters. The summed E-state index contributed by atoms with van der Waals surface area (Å²) >= 11 is 0. The Bertz CT molecular complexity index is 501. The average molecular weight is 581 g/mol. The van der Waals surface area contributed by atoms with Crippen LogP contribution in [-0.2, 0) is 19.1 Å². The van der Waals surface area contributed by atoms with Gasteiger partial charge in [-0.1, -0.05) is 175 Å². The Labute approximate surface area is 256 Å². The first-order chi connectivity index (χ1) is 20.1. The fourth-order valence-corrected chi connectivity index (χ4v) is 5.42. The van der Waals surface area contributed by atoms with E-state index in [4.69, 9.17) is 9.47 Å². The molecule has 41 heavy (non-hydrogen) atoms. The molecule has 0 heterocycles. The largest absolute Gasteiger partial charge is 0.465 e. The third kappa shape index (κ3) is 31.7. The zero-order chi connectivity index (χ0) is 30.1. The minimum atomic E-state index is -0.107. The third-order valence-electron chi connectivity index (χ3n) is 8.51. The summed E-state index contributed by atoms with van der Waals surface area (Å²) in [7, 11) is 0. The Hall–Kier alpha value is -1.06. The maximum absolute atomic E-state index is 12.1. The van der Waals surface area contributed by atoms with Gasteiger partial charge >= 0.3 is 11.9 Å². The van der Waals surface area contributed by atoms with Crippen LogP contribution in [0.4, 0.5) is 0 Å². The lowest BCUT2D eigenvalue weighted by Gasteiger charge is -2.15. The van der Waals surface area contributed by atoms with Gasteiger partial charge in [0.25, 0.3) is 0 Å². The smallest absolute Gasteiger partial charge is 0.305 e. The number of rotatable bonds is 33. The minimum Gasteiger partial charge on any atom is -0.465 e. The summed E-state index contributed by atoms with van der Waals surface area (Å²) in [6, 6.07) is 0. The monoisotopic (exact) mass is 581 g/mol. The molecule has 0 aromatic carbocycles. The topological polar surface area (TPSA) is 52.6 Å². The van der Waals surface area contributed by atoms with Crippen LogP contribution in [0.1, 0.15) is 207 Å². The Morgan fingerprint density at radius 3 is 0.878 bits per heavy atom. The molecule has 0 fully saturated rings. The molecular weight excluding hydrogens is 508 g/mol. The second-order valence-electron chi connectivity index (χ2n) is 12.6. The SMILES string of the molecule is CCCCCCCCCCCCCCCC(=O)OCC(CC)COC(=O)CCCCCCCCCCCCCCC. The van der Waals surface area contributed by atoms with Gasteiger partial charge in [0.1, 0.15) is 0 Å². The maximum atomic E-state index is 12.1. The molecule has 4 nitrogen and oxygen atoms in total.